The molecule has 0 saturated heterocycles. The van der Waals surface area contributed by atoms with Crippen LogP contribution in [0.15, 0.2) is 35.7 Å². The molecule has 1 aromatic heterocycles. The zero-order valence-corrected chi connectivity index (χ0v) is 14.2. The summed E-state index contributed by atoms with van der Waals surface area (Å²) in [5.74, 6) is -1.09. The van der Waals surface area contributed by atoms with Gasteiger partial charge in [0, 0.05) is 5.38 Å². The van der Waals surface area contributed by atoms with E-state index in [2.05, 4.69) is 15.0 Å². The standard InChI is InChI=1S/C16H16N2O6S/c1-22-14(20)7-11-10-25-16(17-11)18-13(19)8-24-15(21)9-23-12-5-3-2-4-6-12/h2-6,10H,7-9H2,1H3,(H,17,18,19). The predicted octanol–water partition coefficient (Wildman–Crippen LogP) is 1.42. The second-order valence-electron chi connectivity index (χ2n) is 4.71. The highest BCUT2D eigenvalue weighted by Crippen LogP contribution is 2.16. The van der Waals surface area contributed by atoms with Gasteiger partial charge in [-0.15, -0.1) is 11.3 Å². The van der Waals surface area contributed by atoms with E-state index < -0.39 is 24.5 Å². The van der Waals surface area contributed by atoms with E-state index in [0.29, 0.717) is 16.6 Å². The van der Waals surface area contributed by atoms with Crippen molar-refractivity contribution >= 4 is 34.3 Å². The fourth-order valence-electron chi connectivity index (χ4n) is 1.67. The molecule has 0 aliphatic rings. The Morgan fingerprint density at radius 1 is 1.12 bits per heavy atom. The zero-order chi connectivity index (χ0) is 18.1. The number of methoxy groups -OCH3 is 1. The number of ether oxygens (including phenoxy) is 3. The van der Waals surface area contributed by atoms with Gasteiger partial charge in [0.1, 0.15) is 5.75 Å². The van der Waals surface area contributed by atoms with Gasteiger partial charge in [0.2, 0.25) is 0 Å². The molecule has 0 unspecified atom stereocenters. The van der Waals surface area contributed by atoms with Crippen molar-refractivity contribution in [2.24, 2.45) is 0 Å². The van der Waals surface area contributed by atoms with Crippen LogP contribution in [0.25, 0.3) is 0 Å². The van der Waals surface area contributed by atoms with Gasteiger partial charge in [-0.2, -0.15) is 0 Å². The number of hydrogen-bond acceptors (Lipinski definition) is 8. The molecule has 132 valence electrons. The van der Waals surface area contributed by atoms with Gasteiger partial charge in [-0.25, -0.2) is 9.78 Å². The molecule has 25 heavy (non-hydrogen) atoms. The minimum absolute atomic E-state index is 0.0225. The number of amides is 1. The molecule has 1 N–H and O–H groups in total. The number of carbonyl (C=O) groups is 3. The molecule has 0 aliphatic carbocycles. The third-order valence-electron chi connectivity index (χ3n) is 2.82. The largest absolute Gasteiger partial charge is 0.482 e. The predicted molar refractivity (Wildman–Crippen MR) is 89.4 cm³/mol. The third kappa shape index (κ3) is 6.60. The van der Waals surface area contributed by atoms with E-state index in [-0.39, 0.29) is 13.0 Å². The summed E-state index contributed by atoms with van der Waals surface area (Å²) in [6, 6.07) is 8.78. The Hall–Kier alpha value is -2.94. The Kier molecular flexibility index (Phi) is 6.90. The maximum Gasteiger partial charge on any atom is 0.344 e. The molecule has 9 heteroatoms. The highest BCUT2D eigenvalue weighted by Gasteiger charge is 2.12. The zero-order valence-electron chi connectivity index (χ0n) is 13.4. The number of nitrogens with one attached hydrogen (secondary N) is 1. The Bertz CT molecular complexity index is 731. The summed E-state index contributed by atoms with van der Waals surface area (Å²) in [5.41, 5.74) is 0.486. The van der Waals surface area contributed by atoms with E-state index in [1.165, 1.54) is 7.11 Å². The molecular weight excluding hydrogens is 348 g/mol. The number of para-hydroxylation sites is 1. The molecule has 1 aromatic carbocycles. The van der Waals surface area contributed by atoms with Crippen molar-refractivity contribution in [1.29, 1.82) is 0 Å². The number of carbonyl (C=O) groups excluding carboxylic acids is 3. The lowest BCUT2D eigenvalue weighted by atomic mass is 10.3. The molecule has 8 nitrogen and oxygen atoms in total. The molecule has 0 bridgehead atoms. The van der Waals surface area contributed by atoms with Gasteiger partial charge < -0.3 is 14.2 Å². The van der Waals surface area contributed by atoms with E-state index in [1.54, 1.807) is 29.6 Å². The second kappa shape index (κ2) is 9.38. The number of nitrogens with zero attached hydrogens (tertiary/aromatic N) is 1. The Morgan fingerprint density at radius 3 is 2.60 bits per heavy atom. The number of thiazole rings is 1. The second-order valence-corrected chi connectivity index (χ2v) is 5.57. The minimum atomic E-state index is -0.662. The molecule has 2 rings (SSSR count). The van der Waals surface area contributed by atoms with E-state index in [1.807, 2.05) is 6.07 Å². The van der Waals surface area contributed by atoms with Crippen molar-refractivity contribution in [3.8, 4) is 5.75 Å². The smallest absolute Gasteiger partial charge is 0.344 e. The van der Waals surface area contributed by atoms with Gasteiger partial charge in [-0.05, 0) is 12.1 Å². The number of benzene rings is 1. The molecule has 0 saturated carbocycles. The average Bonchev–Trinajstić information content (AvgIpc) is 3.05. The Morgan fingerprint density at radius 2 is 1.88 bits per heavy atom. The van der Waals surface area contributed by atoms with Crippen LogP contribution in [0.4, 0.5) is 5.13 Å². The van der Waals surface area contributed by atoms with Gasteiger partial charge >= 0.3 is 11.9 Å². The average molecular weight is 364 g/mol. The van der Waals surface area contributed by atoms with Crippen molar-refractivity contribution in [1.82, 2.24) is 4.98 Å². The molecule has 0 atom stereocenters. The van der Waals surface area contributed by atoms with E-state index >= 15 is 0 Å². The first-order chi connectivity index (χ1) is 12.1. The van der Waals surface area contributed by atoms with Gasteiger partial charge in [0.05, 0.1) is 19.2 Å². The molecule has 1 amide bonds. The fourth-order valence-corrected chi connectivity index (χ4v) is 2.39. The maximum atomic E-state index is 11.7. The van der Waals surface area contributed by atoms with Crippen LogP contribution in [0.1, 0.15) is 5.69 Å². The van der Waals surface area contributed by atoms with E-state index in [9.17, 15) is 14.4 Å². The number of rotatable bonds is 8. The SMILES string of the molecule is COC(=O)Cc1csc(NC(=O)COC(=O)COc2ccccc2)n1. The summed E-state index contributed by atoms with van der Waals surface area (Å²) in [5, 5.41) is 4.42. The Labute approximate surface area is 147 Å². The number of aromatic nitrogens is 1. The lowest BCUT2D eigenvalue weighted by Gasteiger charge is -2.06. The normalized spacial score (nSPS) is 9.96. The molecule has 0 fully saturated rings. The maximum absolute atomic E-state index is 11.7. The van der Waals surface area contributed by atoms with Crippen LogP contribution in [0.2, 0.25) is 0 Å². The first kappa shape index (κ1) is 18.4. The third-order valence-corrected chi connectivity index (χ3v) is 3.62. The van der Waals surface area contributed by atoms with E-state index in [0.717, 1.165) is 11.3 Å². The van der Waals surface area contributed by atoms with Crippen LogP contribution < -0.4 is 10.1 Å². The first-order valence-electron chi connectivity index (χ1n) is 7.21. The minimum Gasteiger partial charge on any atom is -0.482 e. The van der Waals surface area contributed by atoms with E-state index in [4.69, 9.17) is 9.47 Å². The summed E-state index contributed by atoms with van der Waals surface area (Å²) >= 11 is 1.16. The summed E-state index contributed by atoms with van der Waals surface area (Å²) < 4.78 is 14.6. The van der Waals surface area contributed by atoms with Crippen molar-refractivity contribution in [3.05, 3.63) is 41.4 Å². The van der Waals surface area contributed by atoms with Gasteiger partial charge in [0.25, 0.3) is 5.91 Å². The van der Waals surface area contributed by atoms with Crippen molar-refractivity contribution < 1.29 is 28.6 Å². The number of anilines is 1. The summed E-state index contributed by atoms with van der Waals surface area (Å²) in [6.07, 6.45) is 0.0225. The van der Waals surface area contributed by atoms with Gasteiger partial charge in [0.15, 0.2) is 18.3 Å². The van der Waals surface area contributed by atoms with Crippen molar-refractivity contribution in [2.45, 2.75) is 6.42 Å². The highest BCUT2D eigenvalue weighted by molar-refractivity contribution is 7.13. The Balaban J connectivity index is 1.69. The number of hydrogen-bond donors (Lipinski definition) is 1. The van der Waals surface area contributed by atoms with Crippen molar-refractivity contribution in [2.75, 3.05) is 25.6 Å². The lowest BCUT2D eigenvalue weighted by Crippen LogP contribution is -2.23. The molecule has 2 aromatic rings. The summed E-state index contributed by atoms with van der Waals surface area (Å²) in [7, 11) is 1.28. The lowest BCUT2D eigenvalue weighted by molar-refractivity contribution is -0.149. The fraction of sp³-hybridized carbons (Fsp3) is 0.250. The topological polar surface area (TPSA) is 104 Å². The molecule has 0 aliphatic heterocycles. The van der Waals surface area contributed by atoms with Crippen LogP contribution in [-0.2, 0) is 30.3 Å². The quantitative estimate of drug-likeness (QED) is 0.707. The van der Waals surface area contributed by atoms with Gasteiger partial charge in [-0.1, -0.05) is 18.2 Å². The molecule has 0 radical (unpaired) electrons. The van der Waals surface area contributed by atoms with Crippen LogP contribution in [0.3, 0.4) is 0 Å². The highest BCUT2D eigenvalue weighted by atomic mass is 32.1. The van der Waals surface area contributed by atoms with Crippen LogP contribution >= 0.6 is 11.3 Å². The molecular formula is C16H16N2O6S. The van der Waals surface area contributed by atoms with Crippen molar-refractivity contribution in [3.63, 3.8) is 0 Å². The molecule has 0 spiro atoms. The van der Waals surface area contributed by atoms with Gasteiger partial charge in [-0.3, -0.25) is 14.9 Å². The first-order valence-corrected chi connectivity index (χ1v) is 8.09. The van der Waals surface area contributed by atoms with Crippen LogP contribution in [0.5, 0.6) is 5.75 Å². The van der Waals surface area contributed by atoms with Crippen LogP contribution in [-0.4, -0.2) is 43.2 Å². The summed E-state index contributed by atoms with van der Waals surface area (Å²) in [4.78, 5) is 38.5. The number of esters is 2. The molecule has 1 heterocycles. The van der Waals surface area contributed by atoms with Crippen LogP contribution in [0, 0.1) is 0 Å². The monoisotopic (exact) mass is 364 g/mol. The summed E-state index contributed by atoms with van der Waals surface area (Å²) in [6.45, 7) is -0.749.